The summed E-state index contributed by atoms with van der Waals surface area (Å²) in [5.41, 5.74) is 16.2. The summed E-state index contributed by atoms with van der Waals surface area (Å²) in [7, 11) is 2.14. The van der Waals surface area contributed by atoms with Crippen molar-refractivity contribution in [1.82, 2.24) is 5.43 Å². The van der Waals surface area contributed by atoms with Gasteiger partial charge in [0.1, 0.15) is 0 Å². The van der Waals surface area contributed by atoms with Crippen LogP contribution in [0.5, 0.6) is 0 Å². The normalized spacial score (nSPS) is 18.7. The second-order valence-corrected chi connectivity index (χ2v) is 5.12. The molecule has 0 aromatic rings. The van der Waals surface area contributed by atoms with Crippen LogP contribution in [0, 0.1) is 0 Å². The zero-order valence-corrected chi connectivity index (χ0v) is 12.2. The maximum Gasteiger partial charge on any atom is 0.159 e. The van der Waals surface area contributed by atoms with Gasteiger partial charge in [0, 0.05) is 19.4 Å². The first-order valence-corrected chi connectivity index (χ1v) is 7.15. The highest BCUT2D eigenvalue weighted by Gasteiger charge is 2.35. The van der Waals surface area contributed by atoms with Crippen molar-refractivity contribution in [3.8, 4) is 0 Å². The second kappa shape index (κ2) is 8.86. The Morgan fingerprint density at radius 2 is 1.41 bits per heavy atom. The number of nitrogens with one attached hydrogen (secondary N) is 1. The lowest BCUT2D eigenvalue weighted by Crippen LogP contribution is -2.71. The van der Waals surface area contributed by atoms with Gasteiger partial charge in [0.25, 0.3) is 0 Å². The number of unbranched alkanes of at least 4 members (excludes halogenated alkanes) is 1. The number of rotatable bonds is 10. The van der Waals surface area contributed by atoms with E-state index in [9.17, 15) is 0 Å². The van der Waals surface area contributed by atoms with Crippen molar-refractivity contribution in [3.63, 3.8) is 0 Å². The molecule has 0 saturated carbocycles. The Hall–Kier alpha value is -0.160. The minimum absolute atomic E-state index is 0.0819. The van der Waals surface area contributed by atoms with Crippen molar-refractivity contribution in [2.24, 2.45) is 11.5 Å². The van der Waals surface area contributed by atoms with Gasteiger partial charge >= 0.3 is 0 Å². The Morgan fingerprint density at radius 1 is 0.941 bits per heavy atom. The zero-order chi connectivity index (χ0) is 13.3. The van der Waals surface area contributed by atoms with Crippen molar-refractivity contribution in [2.75, 3.05) is 13.6 Å². The highest BCUT2D eigenvalue weighted by molar-refractivity contribution is 4.55. The molecule has 0 bridgehead atoms. The second-order valence-electron chi connectivity index (χ2n) is 5.12. The lowest BCUT2D eigenvalue weighted by atomic mass is 10.2. The summed E-state index contributed by atoms with van der Waals surface area (Å²) >= 11 is 0. The molecule has 2 unspecified atom stereocenters. The third-order valence-corrected chi connectivity index (χ3v) is 3.53. The predicted octanol–water partition coefficient (Wildman–Crippen LogP) is 1.91. The van der Waals surface area contributed by atoms with Crippen molar-refractivity contribution in [3.05, 3.63) is 0 Å². The molecular weight excluding hydrogens is 212 g/mol. The molecule has 0 aliphatic rings. The van der Waals surface area contributed by atoms with E-state index < -0.39 is 0 Å². The van der Waals surface area contributed by atoms with Crippen LogP contribution < -0.4 is 16.9 Å². The largest absolute Gasteiger partial charge is 0.280 e. The predicted molar refractivity (Wildman–Crippen MR) is 74.9 cm³/mol. The van der Waals surface area contributed by atoms with Gasteiger partial charge < -0.3 is 0 Å². The number of hydrogen-bond donors (Lipinski definition) is 3. The first-order chi connectivity index (χ1) is 8.02. The Bertz CT molecular complexity index is 172. The fourth-order valence-corrected chi connectivity index (χ4v) is 2.11. The Balaban J connectivity index is 4.54. The summed E-state index contributed by atoms with van der Waals surface area (Å²) in [4.78, 5) is 0. The van der Waals surface area contributed by atoms with Gasteiger partial charge in [-0.1, -0.05) is 27.2 Å². The molecule has 0 fully saturated rings. The molecule has 5 N–H and O–H groups in total. The molecule has 0 heterocycles. The summed E-state index contributed by atoms with van der Waals surface area (Å²) in [5, 5.41) is 0. The Morgan fingerprint density at radius 3 is 1.76 bits per heavy atom. The number of hydrogen-bond acceptors (Lipinski definition) is 3. The number of nitrogens with zero attached hydrogens (tertiary/aromatic N) is 1. The van der Waals surface area contributed by atoms with Crippen molar-refractivity contribution in [2.45, 2.75) is 71.6 Å². The molecule has 0 rings (SSSR count). The van der Waals surface area contributed by atoms with E-state index in [4.69, 9.17) is 11.5 Å². The average Bonchev–Trinajstić information content (AvgIpc) is 2.29. The van der Waals surface area contributed by atoms with Crippen LogP contribution in [0.3, 0.4) is 0 Å². The van der Waals surface area contributed by atoms with E-state index in [-0.39, 0.29) is 12.3 Å². The summed E-state index contributed by atoms with van der Waals surface area (Å²) in [6, 6.07) is 0. The fourth-order valence-electron chi connectivity index (χ4n) is 2.11. The molecule has 2 atom stereocenters. The van der Waals surface area contributed by atoms with Crippen LogP contribution >= 0.6 is 0 Å². The van der Waals surface area contributed by atoms with Crippen LogP contribution in [0.25, 0.3) is 0 Å². The van der Waals surface area contributed by atoms with Crippen LogP contribution in [0.1, 0.15) is 59.3 Å². The summed E-state index contributed by atoms with van der Waals surface area (Å²) < 4.78 is 0.599. The SMILES string of the molecule is CCCCN[N+](C)(C(N)CCC)C(N)CCC. The molecule has 0 spiro atoms. The van der Waals surface area contributed by atoms with E-state index in [1.165, 1.54) is 12.8 Å². The van der Waals surface area contributed by atoms with E-state index in [1.807, 2.05) is 0 Å². The van der Waals surface area contributed by atoms with E-state index >= 15 is 0 Å². The third-order valence-electron chi connectivity index (χ3n) is 3.53. The molecule has 17 heavy (non-hydrogen) atoms. The van der Waals surface area contributed by atoms with Crippen LogP contribution in [-0.2, 0) is 0 Å². The molecule has 4 nitrogen and oxygen atoms in total. The molecule has 4 heteroatoms. The van der Waals surface area contributed by atoms with Crippen LogP contribution in [0.4, 0.5) is 0 Å². The Labute approximate surface area is 107 Å². The molecule has 0 aliphatic heterocycles. The lowest BCUT2D eigenvalue weighted by molar-refractivity contribution is -0.996. The third kappa shape index (κ3) is 5.34. The maximum atomic E-state index is 6.31. The highest BCUT2D eigenvalue weighted by atomic mass is 15.7. The van der Waals surface area contributed by atoms with Gasteiger partial charge in [-0.25, -0.2) is 4.59 Å². The van der Waals surface area contributed by atoms with Crippen molar-refractivity contribution >= 4 is 0 Å². The summed E-state index contributed by atoms with van der Waals surface area (Å²) in [6.45, 7) is 7.52. The maximum absolute atomic E-state index is 6.31. The molecule has 104 valence electrons. The van der Waals surface area contributed by atoms with Gasteiger partial charge in [0.05, 0.1) is 7.05 Å². The van der Waals surface area contributed by atoms with Gasteiger partial charge in [0.15, 0.2) is 12.3 Å². The van der Waals surface area contributed by atoms with Gasteiger partial charge in [-0.05, 0) is 19.3 Å². The zero-order valence-electron chi connectivity index (χ0n) is 12.2. The van der Waals surface area contributed by atoms with Gasteiger partial charge in [0.2, 0.25) is 0 Å². The molecule has 0 amide bonds. The summed E-state index contributed by atoms with van der Waals surface area (Å²) in [6.07, 6.45) is 6.74. The smallest absolute Gasteiger partial charge is 0.159 e. The van der Waals surface area contributed by atoms with Crippen molar-refractivity contribution < 1.29 is 4.59 Å². The van der Waals surface area contributed by atoms with Crippen LogP contribution in [0.15, 0.2) is 0 Å². The van der Waals surface area contributed by atoms with Crippen LogP contribution in [-0.4, -0.2) is 30.5 Å². The van der Waals surface area contributed by atoms with E-state index in [0.29, 0.717) is 4.59 Å². The van der Waals surface area contributed by atoms with Gasteiger partial charge in [-0.15, -0.1) is 0 Å². The Kier molecular flexibility index (Phi) is 8.78. The minimum Gasteiger partial charge on any atom is -0.280 e. The monoisotopic (exact) mass is 245 g/mol. The standard InChI is InChI=1S/C13H33N4/c1-5-8-11-16-17(4,12(14)9-6-2)13(15)10-7-3/h12-13,16H,5-11,14-15H2,1-4H3/q+1. The summed E-state index contributed by atoms with van der Waals surface area (Å²) in [5.74, 6) is 0. The molecule has 0 radical (unpaired) electrons. The lowest BCUT2D eigenvalue weighted by Gasteiger charge is -2.43. The van der Waals surface area contributed by atoms with E-state index in [1.54, 1.807) is 0 Å². The number of nitrogens with two attached hydrogens (primary N) is 2. The highest BCUT2D eigenvalue weighted by Crippen LogP contribution is 2.14. The van der Waals surface area contributed by atoms with E-state index in [0.717, 1.165) is 32.2 Å². The van der Waals surface area contributed by atoms with Gasteiger partial charge in [-0.3, -0.25) is 11.5 Å². The molecule has 0 saturated heterocycles. The van der Waals surface area contributed by atoms with Gasteiger partial charge in [-0.2, -0.15) is 5.43 Å². The quantitative estimate of drug-likeness (QED) is 0.238. The fraction of sp³-hybridized carbons (Fsp3) is 1.00. The average molecular weight is 245 g/mol. The first-order valence-electron chi connectivity index (χ1n) is 7.15. The molecule has 0 aromatic heterocycles. The first kappa shape index (κ1) is 16.8. The van der Waals surface area contributed by atoms with E-state index in [2.05, 4.69) is 33.2 Å². The molecule has 0 aliphatic carbocycles. The molecular formula is C13H33N4+. The molecule has 0 aromatic carbocycles. The topological polar surface area (TPSA) is 64.1 Å². The minimum atomic E-state index is 0.0819. The number of quaternary nitrogens is 1. The van der Waals surface area contributed by atoms with Crippen LogP contribution in [0.2, 0.25) is 0 Å². The van der Waals surface area contributed by atoms with Crippen molar-refractivity contribution in [1.29, 1.82) is 0 Å².